The summed E-state index contributed by atoms with van der Waals surface area (Å²) < 4.78 is 24.4. The molecule has 0 atom stereocenters. The highest BCUT2D eigenvalue weighted by atomic mass is 127. The Morgan fingerprint density at radius 2 is 2.08 bits per heavy atom. The van der Waals surface area contributed by atoms with E-state index in [2.05, 4.69) is 36.4 Å². The highest BCUT2D eigenvalue weighted by Crippen LogP contribution is 2.29. The second-order valence-electron chi connectivity index (χ2n) is 6.55. The van der Waals surface area contributed by atoms with Gasteiger partial charge in [0.15, 0.2) is 12.8 Å². The maximum Gasteiger partial charge on any atom is 0.191 e. The zero-order valence-electron chi connectivity index (χ0n) is 14.7. The summed E-state index contributed by atoms with van der Waals surface area (Å²) in [6.45, 7) is 10.2. The average molecular weight is 451 g/mol. The van der Waals surface area contributed by atoms with Crippen molar-refractivity contribution in [1.82, 2.24) is 10.6 Å². The first-order chi connectivity index (χ1) is 10.9. The van der Waals surface area contributed by atoms with Crippen LogP contribution in [0.5, 0.6) is 5.75 Å². The Bertz CT molecular complexity index is 574. The molecule has 1 aliphatic rings. The predicted molar refractivity (Wildman–Crippen MR) is 105 cm³/mol. The molecule has 136 valence electrons. The summed E-state index contributed by atoms with van der Waals surface area (Å²) >= 11 is 0. The highest BCUT2D eigenvalue weighted by Gasteiger charge is 2.17. The van der Waals surface area contributed by atoms with Crippen LogP contribution in [0.1, 0.15) is 38.8 Å². The molecule has 0 unspecified atom stereocenters. The molecule has 2 rings (SSSR count). The van der Waals surface area contributed by atoms with Crippen LogP contribution in [0.25, 0.3) is 0 Å². The van der Waals surface area contributed by atoms with Crippen LogP contribution >= 0.6 is 24.0 Å². The highest BCUT2D eigenvalue weighted by molar-refractivity contribution is 14.0. The molecule has 0 amide bonds. The van der Waals surface area contributed by atoms with Crippen molar-refractivity contribution in [2.24, 2.45) is 4.99 Å². The molecule has 0 saturated heterocycles. The summed E-state index contributed by atoms with van der Waals surface area (Å²) in [5.41, 5.74) is 1.52. The Morgan fingerprint density at radius 1 is 1.33 bits per heavy atom. The van der Waals surface area contributed by atoms with E-state index < -0.39 is 0 Å². The first-order valence-electron chi connectivity index (χ1n) is 7.97. The van der Waals surface area contributed by atoms with Crippen LogP contribution in [0.4, 0.5) is 4.39 Å². The number of rotatable bonds is 4. The number of ether oxygens (including phenoxy) is 2. The third kappa shape index (κ3) is 6.43. The molecule has 1 aromatic rings. The molecule has 0 aliphatic carbocycles. The molecule has 0 spiro atoms. The Hall–Kier alpha value is -1.09. The van der Waals surface area contributed by atoms with Crippen molar-refractivity contribution < 1.29 is 13.9 Å². The van der Waals surface area contributed by atoms with Crippen LogP contribution in [0, 0.1) is 5.82 Å². The van der Waals surface area contributed by atoms with Gasteiger partial charge in [0.2, 0.25) is 0 Å². The van der Waals surface area contributed by atoms with E-state index in [1.165, 1.54) is 12.1 Å². The number of hydrogen-bond acceptors (Lipinski definition) is 3. The third-order valence-electron chi connectivity index (χ3n) is 3.24. The van der Waals surface area contributed by atoms with Crippen molar-refractivity contribution in [1.29, 1.82) is 0 Å². The topological polar surface area (TPSA) is 54.9 Å². The van der Waals surface area contributed by atoms with Crippen LogP contribution in [0.15, 0.2) is 17.1 Å². The van der Waals surface area contributed by atoms with E-state index in [-0.39, 0.29) is 42.1 Å². The molecule has 24 heavy (non-hydrogen) atoms. The minimum absolute atomic E-state index is 0. The van der Waals surface area contributed by atoms with Crippen molar-refractivity contribution >= 4 is 29.9 Å². The van der Waals surface area contributed by atoms with Crippen LogP contribution in [0.3, 0.4) is 0 Å². The molecule has 0 radical (unpaired) electrons. The summed E-state index contributed by atoms with van der Waals surface area (Å²) in [6.07, 6.45) is 0.612. The molecule has 7 heteroatoms. The summed E-state index contributed by atoms with van der Waals surface area (Å²) in [4.78, 5) is 4.56. The first kappa shape index (κ1) is 21.0. The van der Waals surface area contributed by atoms with Crippen LogP contribution in [-0.4, -0.2) is 31.4 Å². The Balaban J connectivity index is 0.00000288. The average Bonchev–Trinajstić information content (AvgIpc) is 2.45. The Kier molecular flexibility index (Phi) is 8.21. The van der Waals surface area contributed by atoms with Gasteiger partial charge in [0.1, 0.15) is 11.6 Å². The lowest BCUT2D eigenvalue weighted by Crippen LogP contribution is -2.47. The lowest BCUT2D eigenvalue weighted by Gasteiger charge is -2.24. The molecule has 2 N–H and O–H groups in total. The maximum absolute atomic E-state index is 13.7. The van der Waals surface area contributed by atoms with Gasteiger partial charge in [-0.3, -0.25) is 4.99 Å². The van der Waals surface area contributed by atoms with E-state index in [4.69, 9.17) is 9.47 Å². The number of benzene rings is 1. The maximum atomic E-state index is 13.7. The zero-order valence-corrected chi connectivity index (χ0v) is 17.1. The number of nitrogens with one attached hydrogen (secondary N) is 2. The van der Waals surface area contributed by atoms with Crippen LogP contribution in [-0.2, 0) is 17.8 Å². The molecule has 0 fully saturated rings. The number of fused-ring (bicyclic) bond motifs is 1. The van der Waals surface area contributed by atoms with Gasteiger partial charge in [-0.05, 0) is 51.8 Å². The van der Waals surface area contributed by atoms with Gasteiger partial charge < -0.3 is 20.1 Å². The molecule has 0 bridgehead atoms. The minimum Gasteiger partial charge on any atom is -0.467 e. The molecule has 0 aromatic heterocycles. The number of guanidine groups is 1. The summed E-state index contributed by atoms with van der Waals surface area (Å²) in [7, 11) is 0. The van der Waals surface area contributed by atoms with E-state index in [1.807, 2.05) is 6.92 Å². The van der Waals surface area contributed by atoms with Gasteiger partial charge >= 0.3 is 0 Å². The largest absolute Gasteiger partial charge is 0.467 e. The molecular formula is C17H27FIN3O2. The summed E-state index contributed by atoms with van der Waals surface area (Å²) in [6, 6.07) is 2.98. The van der Waals surface area contributed by atoms with Crippen molar-refractivity contribution in [3.05, 3.63) is 29.1 Å². The first-order valence-corrected chi connectivity index (χ1v) is 7.97. The van der Waals surface area contributed by atoms with Crippen molar-refractivity contribution in [3.63, 3.8) is 0 Å². The number of hydrogen-bond donors (Lipinski definition) is 2. The number of nitrogens with zero attached hydrogens (tertiary/aromatic N) is 1. The van der Waals surface area contributed by atoms with E-state index in [9.17, 15) is 4.39 Å². The molecule has 0 saturated carbocycles. The van der Waals surface area contributed by atoms with Gasteiger partial charge in [-0.2, -0.15) is 0 Å². The third-order valence-corrected chi connectivity index (χ3v) is 3.24. The quantitative estimate of drug-likeness (QED) is 0.420. The molecule has 1 aromatic carbocycles. The van der Waals surface area contributed by atoms with Crippen LogP contribution < -0.4 is 15.4 Å². The van der Waals surface area contributed by atoms with E-state index in [0.29, 0.717) is 19.6 Å². The van der Waals surface area contributed by atoms with Crippen molar-refractivity contribution in [2.45, 2.75) is 46.3 Å². The van der Waals surface area contributed by atoms with Gasteiger partial charge in [0.25, 0.3) is 0 Å². The van der Waals surface area contributed by atoms with E-state index in [1.54, 1.807) is 0 Å². The Labute approximate surface area is 160 Å². The predicted octanol–water partition coefficient (Wildman–Crippen LogP) is 3.21. The smallest absolute Gasteiger partial charge is 0.191 e. The summed E-state index contributed by atoms with van der Waals surface area (Å²) in [5.74, 6) is 1.23. The Morgan fingerprint density at radius 3 is 2.75 bits per heavy atom. The standard InChI is InChI=1S/C17H26FN3O2.HI/c1-5-19-16(21-17(2,3)4)20-7-6-12-8-14(18)9-13-10-22-11-23-15(12)13;/h8-9H,5-7,10-11H2,1-4H3,(H2,19,20,21);1H. The lowest BCUT2D eigenvalue weighted by atomic mass is 10.1. The zero-order chi connectivity index (χ0) is 16.9. The fraction of sp³-hybridized carbons (Fsp3) is 0.588. The van der Waals surface area contributed by atoms with Gasteiger partial charge in [-0.25, -0.2) is 4.39 Å². The molecule has 1 heterocycles. The van der Waals surface area contributed by atoms with Crippen molar-refractivity contribution in [3.8, 4) is 5.75 Å². The van der Waals surface area contributed by atoms with Crippen LogP contribution in [0.2, 0.25) is 0 Å². The van der Waals surface area contributed by atoms with E-state index >= 15 is 0 Å². The normalized spacial score (nSPS) is 14.3. The van der Waals surface area contributed by atoms with Gasteiger partial charge in [-0.15, -0.1) is 24.0 Å². The van der Waals surface area contributed by atoms with Gasteiger partial charge in [0.05, 0.1) is 6.61 Å². The van der Waals surface area contributed by atoms with Gasteiger partial charge in [0, 0.05) is 24.2 Å². The second kappa shape index (κ2) is 9.41. The fourth-order valence-electron chi connectivity index (χ4n) is 2.39. The van der Waals surface area contributed by atoms with Crippen molar-refractivity contribution in [2.75, 3.05) is 19.9 Å². The monoisotopic (exact) mass is 451 g/mol. The minimum atomic E-state index is -0.267. The summed E-state index contributed by atoms with van der Waals surface area (Å²) in [5, 5.41) is 6.54. The molecule has 1 aliphatic heterocycles. The molecular weight excluding hydrogens is 424 g/mol. The molecule has 5 nitrogen and oxygen atoms in total. The number of aliphatic imine (C=N–C) groups is 1. The van der Waals surface area contributed by atoms with E-state index in [0.717, 1.165) is 29.4 Å². The SMILES string of the molecule is CCNC(=NCCc1cc(F)cc2c1OCOC2)NC(C)(C)C.I. The fourth-order valence-corrected chi connectivity index (χ4v) is 2.39. The van der Waals surface area contributed by atoms with Gasteiger partial charge in [-0.1, -0.05) is 0 Å². The lowest BCUT2D eigenvalue weighted by molar-refractivity contribution is -0.0172. The number of halogens is 2. The second-order valence-corrected chi connectivity index (χ2v) is 6.55.